The van der Waals surface area contributed by atoms with E-state index < -0.39 is 17.2 Å². The summed E-state index contributed by atoms with van der Waals surface area (Å²) in [4.78, 5) is 17.3. The molecular weight excluding hydrogens is 522 g/mol. The lowest BCUT2D eigenvalue weighted by molar-refractivity contribution is -0.150. The number of nitriles is 1. The van der Waals surface area contributed by atoms with Crippen LogP contribution in [0.3, 0.4) is 0 Å². The number of benzene rings is 1. The Balaban J connectivity index is 1.62. The van der Waals surface area contributed by atoms with Gasteiger partial charge in [0.05, 0.1) is 37.6 Å². The summed E-state index contributed by atoms with van der Waals surface area (Å²) in [5.74, 6) is 1.14. The molecule has 2 saturated heterocycles. The van der Waals surface area contributed by atoms with E-state index in [1.165, 1.54) is 23.6 Å². The van der Waals surface area contributed by atoms with E-state index in [9.17, 15) is 10.1 Å². The molecule has 0 N–H and O–H groups in total. The molecule has 220 valence electrons. The van der Waals surface area contributed by atoms with Crippen molar-refractivity contribution in [2.24, 2.45) is 5.92 Å². The second-order valence-electron chi connectivity index (χ2n) is 12.4. The molecule has 0 saturated carbocycles. The van der Waals surface area contributed by atoms with Crippen LogP contribution in [0.15, 0.2) is 28.7 Å². The number of likely N-dealkylation sites (N-methyl/N-ethyl adjacent to an activating group) is 1. The topological polar surface area (TPSA) is 93.5 Å². The fourth-order valence-electron chi connectivity index (χ4n) is 8.79. The molecule has 3 unspecified atom stereocenters. The fraction of sp³-hybridized carbons (Fsp3) is 0.625. The molecule has 0 amide bonds. The predicted molar refractivity (Wildman–Crippen MR) is 151 cm³/mol. The van der Waals surface area contributed by atoms with Crippen LogP contribution in [0.2, 0.25) is 0 Å². The van der Waals surface area contributed by atoms with Crippen LogP contribution in [0.1, 0.15) is 75.4 Å². The highest BCUT2D eigenvalue weighted by atomic mass is 16.7. The average Bonchev–Trinajstić information content (AvgIpc) is 3.50. The highest BCUT2D eigenvalue weighted by Crippen LogP contribution is 2.63. The molecule has 1 aliphatic carbocycles. The maximum Gasteiger partial charge on any atom is 0.303 e. The fourth-order valence-corrected chi connectivity index (χ4v) is 8.79. The van der Waals surface area contributed by atoms with Crippen molar-refractivity contribution in [3.63, 3.8) is 0 Å². The summed E-state index contributed by atoms with van der Waals surface area (Å²) in [7, 11) is 5.63. The first-order valence-corrected chi connectivity index (χ1v) is 14.5. The largest absolute Gasteiger partial charge is 0.496 e. The van der Waals surface area contributed by atoms with E-state index in [1.807, 2.05) is 20.8 Å². The van der Waals surface area contributed by atoms with Gasteiger partial charge in [-0.1, -0.05) is 13.0 Å². The monoisotopic (exact) mass is 563 g/mol. The summed E-state index contributed by atoms with van der Waals surface area (Å²) in [5, 5.41) is 10.7. The van der Waals surface area contributed by atoms with Gasteiger partial charge < -0.3 is 28.6 Å². The third-order valence-electron chi connectivity index (χ3n) is 10.4. The van der Waals surface area contributed by atoms with E-state index in [2.05, 4.69) is 42.8 Å². The molecule has 6 rings (SSSR count). The average molecular weight is 564 g/mol. The standard InChI is InChI=1S/C32H41N3O6/c1-16-12-22-23-13-20(14-33)35-26(27(34(23)7)24(22)21(10-11-37-8)28(16)38-9)17(2)25-29(35)32(6)30(39-15-40-32)18(3)31(25,5)41-19(4)36/h12,17,20,23,26-27H,10-11,13,15H2,1-9H3/t17-,20-,23?,26+,27-,31?,32?/m1/s1. The minimum absolute atomic E-state index is 0.0356. The van der Waals surface area contributed by atoms with Crippen LogP contribution >= 0.6 is 0 Å². The number of hydrogen-bond donors (Lipinski definition) is 0. The maximum absolute atomic E-state index is 12.6. The van der Waals surface area contributed by atoms with E-state index >= 15 is 0 Å². The Morgan fingerprint density at radius 2 is 2.00 bits per heavy atom. The van der Waals surface area contributed by atoms with E-state index in [4.69, 9.17) is 23.7 Å². The minimum atomic E-state index is -1.03. The van der Waals surface area contributed by atoms with Gasteiger partial charge >= 0.3 is 5.97 Å². The number of fused-ring (bicyclic) bond motifs is 10. The summed E-state index contributed by atoms with van der Waals surface area (Å²) in [6, 6.07) is 4.43. The summed E-state index contributed by atoms with van der Waals surface area (Å²) in [5.41, 5.74) is 5.61. The highest BCUT2D eigenvalue weighted by Gasteiger charge is 2.65. The van der Waals surface area contributed by atoms with Gasteiger partial charge in [-0.15, -0.1) is 0 Å². The molecular formula is C32H41N3O6. The van der Waals surface area contributed by atoms with Crippen molar-refractivity contribution in [2.75, 3.05) is 34.7 Å². The summed E-state index contributed by atoms with van der Waals surface area (Å²) < 4.78 is 30.2. The van der Waals surface area contributed by atoms with Gasteiger partial charge in [-0.3, -0.25) is 9.69 Å². The molecule has 9 nitrogen and oxygen atoms in total. The van der Waals surface area contributed by atoms with Crippen LogP contribution in [0.25, 0.3) is 0 Å². The number of aryl methyl sites for hydroxylation is 1. The van der Waals surface area contributed by atoms with Crippen molar-refractivity contribution in [1.82, 2.24) is 9.80 Å². The van der Waals surface area contributed by atoms with Gasteiger partial charge in [0.1, 0.15) is 17.6 Å². The molecule has 2 fully saturated rings. The quantitative estimate of drug-likeness (QED) is 0.481. The van der Waals surface area contributed by atoms with E-state index in [0.29, 0.717) is 18.8 Å². The Labute approximate surface area is 242 Å². The number of rotatable bonds is 5. The van der Waals surface area contributed by atoms with Crippen LogP contribution in [0.5, 0.6) is 5.75 Å². The lowest BCUT2D eigenvalue weighted by Crippen LogP contribution is -2.50. The zero-order chi connectivity index (χ0) is 29.6. The third-order valence-corrected chi connectivity index (χ3v) is 10.4. The minimum Gasteiger partial charge on any atom is -0.496 e. The first-order valence-electron chi connectivity index (χ1n) is 14.5. The molecule has 0 aromatic heterocycles. The van der Waals surface area contributed by atoms with Crippen molar-refractivity contribution >= 4 is 5.97 Å². The lowest BCUT2D eigenvalue weighted by Gasteiger charge is -2.44. The second-order valence-corrected chi connectivity index (χ2v) is 12.4. The van der Waals surface area contributed by atoms with Gasteiger partial charge in [-0.05, 0) is 57.9 Å². The summed E-state index contributed by atoms with van der Waals surface area (Å²) >= 11 is 0. The number of ether oxygens (including phenoxy) is 5. The van der Waals surface area contributed by atoms with Gasteiger partial charge in [0.25, 0.3) is 0 Å². The molecule has 7 atom stereocenters. The predicted octanol–water partition coefficient (Wildman–Crippen LogP) is 4.46. The number of carbonyl (C=O) groups excluding carboxylic acids is 1. The Bertz CT molecular complexity index is 1430. The van der Waals surface area contributed by atoms with Gasteiger partial charge in [-0.2, -0.15) is 5.26 Å². The number of methoxy groups -OCH3 is 2. The number of esters is 1. The van der Waals surface area contributed by atoms with Crippen molar-refractivity contribution < 1.29 is 28.5 Å². The molecule has 0 spiro atoms. The van der Waals surface area contributed by atoms with Crippen molar-refractivity contribution in [1.29, 1.82) is 5.26 Å². The molecule has 4 heterocycles. The molecule has 5 aliphatic rings. The second kappa shape index (κ2) is 9.48. The van der Waals surface area contributed by atoms with Crippen LogP contribution < -0.4 is 4.74 Å². The van der Waals surface area contributed by atoms with Crippen LogP contribution in [-0.4, -0.2) is 73.7 Å². The van der Waals surface area contributed by atoms with E-state index in [-0.39, 0.29) is 36.8 Å². The highest BCUT2D eigenvalue weighted by molar-refractivity contribution is 5.69. The summed E-state index contributed by atoms with van der Waals surface area (Å²) in [6.07, 6.45) is 1.35. The molecule has 9 heteroatoms. The third kappa shape index (κ3) is 3.54. The Morgan fingerprint density at radius 3 is 2.63 bits per heavy atom. The molecule has 1 aromatic carbocycles. The molecule has 2 bridgehead atoms. The zero-order valence-corrected chi connectivity index (χ0v) is 25.6. The number of hydrogen-bond acceptors (Lipinski definition) is 9. The summed E-state index contributed by atoms with van der Waals surface area (Å²) in [6.45, 7) is 12.4. The molecule has 1 aromatic rings. The van der Waals surface area contributed by atoms with Gasteiger partial charge in [0, 0.05) is 49.1 Å². The number of carbonyl (C=O) groups is 1. The Morgan fingerprint density at radius 1 is 1.27 bits per heavy atom. The van der Waals surface area contributed by atoms with Gasteiger partial charge in [0.2, 0.25) is 0 Å². The van der Waals surface area contributed by atoms with Crippen LogP contribution in [-0.2, 0) is 30.2 Å². The van der Waals surface area contributed by atoms with Gasteiger partial charge in [0.15, 0.2) is 18.0 Å². The normalized spacial score (nSPS) is 35.3. The lowest BCUT2D eigenvalue weighted by atomic mass is 9.71. The van der Waals surface area contributed by atoms with Crippen LogP contribution in [0, 0.1) is 24.2 Å². The SMILES string of the molecule is COCCc1c(OC)c(C)cc2c1[C@@H]1[C@@H]3[C@H](C)C4=C(N3[C@@H](C#N)CC2N1C)C1(C)OCOC1=C(C)C4(C)OC(C)=O. The molecule has 41 heavy (non-hydrogen) atoms. The maximum atomic E-state index is 12.6. The molecule has 4 aliphatic heterocycles. The van der Waals surface area contributed by atoms with E-state index in [0.717, 1.165) is 34.6 Å². The number of nitrogens with zero attached hydrogens (tertiary/aromatic N) is 3. The first-order chi connectivity index (χ1) is 19.5. The smallest absolute Gasteiger partial charge is 0.303 e. The zero-order valence-electron chi connectivity index (χ0n) is 25.6. The van der Waals surface area contributed by atoms with Crippen molar-refractivity contribution in [2.45, 2.75) is 89.8 Å². The Hall–Kier alpha value is -3.06. The van der Waals surface area contributed by atoms with E-state index in [1.54, 1.807) is 14.2 Å². The van der Waals surface area contributed by atoms with Crippen LogP contribution in [0.4, 0.5) is 0 Å². The molecule has 0 radical (unpaired) electrons. The van der Waals surface area contributed by atoms with Crippen molar-refractivity contribution in [3.05, 3.63) is 50.9 Å². The van der Waals surface area contributed by atoms with Crippen molar-refractivity contribution in [3.8, 4) is 11.8 Å². The van der Waals surface area contributed by atoms with Gasteiger partial charge in [-0.25, -0.2) is 0 Å². The Kier molecular flexibility index (Phi) is 6.49. The first kappa shape index (κ1) is 28.1.